The van der Waals surface area contributed by atoms with E-state index in [1.54, 1.807) is 6.08 Å². The number of hydrogen-bond donors (Lipinski definition) is 2. The monoisotopic (exact) mass is 376 g/mol. The highest BCUT2D eigenvalue weighted by Gasteiger charge is 2.42. The first kappa shape index (κ1) is 21.9. The van der Waals surface area contributed by atoms with Crippen LogP contribution in [0.3, 0.4) is 0 Å². The molecule has 5 atom stereocenters. The molecule has 0 unspecified atom stereocenters. The van der Waals surface area contributed by atoms with Gasteiger partial charge in [0, 0.05) is 5.92 Å². The number of hydrogen-bond acceptors (Lipinski definition) is 3. The van der Waals surface area contributed by atoms with Gasteiger partial charge in [0.1, 0.15) is 0 Å². The number of aliphatic carboxylic acids is 1. The van der Waals surface area contributed by atoms with Gasteiger partial charge in [0.2, 0.25) is 0 Å². The number of carboxylic acid groups (broad SMARTS) is 1. The van der Waals surface area contributed by atoms with Crippen LogP contribution in [0.5, 0.6) is 0 Å². The lowest BCUT2D eigenvalue weighted by molar-refractivity contribution is -0.138. The minimum absolute atomic E-state index is 0.0262. The van der Waals surface area contributed by atoms with Crippen LogP contribution in [0.2, 0.25) is 0 Å². The Hall–Kier alpha value is -1.42. The molecular weight excluding hydrogens is 340 g/mol. The number of aliphatic hydroxyl groups is 1. The van der Waals surface area contributed by atoms with E-state index in [0.29, 0.717) is 6.42 Å². The maximum atomic E-state index is 12.2. The van der Waals surface area contributed by atoms with Crippen LogP contribution in [0, 0.1) is 29.1 Å². The molecule has 2 aliphatic carbocycles. The lowest BCUT2D eigenvalue weighted by Crippen LogP contribution is -2.30. The molecule has 0 aliphatic heterocycles. The van der Waals surface area contributed by atoms with Gasteiger partial charge in [-0.25, -0.2) is 0 Å². The average Bonchev–Trinajstić information content (AvgIpc) is 3.32. The lowest BCUT2D eigenvalue weighted by atomic mass is 9.77. The van der Waals surface area contributed by atoms with E-state index < -0.39 is 5.97 Å². The molecule has 0 aromatic carbocycles. The van der Waals surface area contributed by atoms with E-state index in [0.717, 1.165) is 44.9 Å². The second-order valence-corrected chi connectivity index (χ2v) is 9.10. The fraction of sp³-hybridized carbons (Fsp3) is 0.739. The van der Waals surface area contributed by atoms with Gasteiger partial charge >= 0.3 is 5.97 Å². The highest BCUT2D eigenvalue weighted by molar-refractivity contribution is 5.94. The zero-order chi connectivity index (χ0) is 20.0. The molecule has 0 saturated heterocycles. The van der Waals surface area contributed by atoms with Crippen molar-refractivity contribution >= 4 is 11.8 Å². The van der Waals surface area contributed by atoms with Crippen molar-refractivity contribution in [1.82, 2.24) is 0 Å². The van der Waals surface area contributed by atoms with Crippen molar-refractivity contribution in [3.63, 3.8) is 0 Å². The summed E-state index contributed by atoms with van der Waals surface area (Å²) in [6, 6.07) is 0. The summed E-state index contributed by atoms with van der Waals surface area (Å²) >= 11 is 0. The molecule has 0 amide bonds. The van der Waals surface area contributed by atoms with Crippen LogP contribution in [-0.2, 0) is 9.59 Å². The fourth-order valence-electron chi connectivity index (χ4n) is 4.14. The summed E-state index contributed by atoms with van der Waals surface area (Å²) in [7, 11) is 0. The Morgan fingerprint density at radius 3 is 2.67 bits per heavy atom. The van der Waals surface area contributed by atoms with Crippen LogP contribution in [-0.4, -0.2) is 28.1 Å². The smallest absolute Gasteiger partial charge is 0.306 e. The van der Waals surface area contributed by atoms with Crippen LogP contribution < -0.4 is 0 Å². The molecule has 0 aromatic heterocycles. The van der Waals surface area contributed by atoms with Crippen molar-refractivity contribution in [2.75, 3.05) is 0 Å². The first-order valence-electron chi connectivity index (χ1n) is 10.5. The van der Waals surface area contributed by atoms with Gasteiger partial charge in [-0.2, -0.15) is 0 Å². The molecule has 2 aliphatic rings. The molecule has 0 heterocycles. The molecule has 0 radical (unpaired) electrons. The minimum Gasteiger partial charge on any atom is -0.481 e. The normalized spacial score (nSPS) is 28.8. The van der Waals surface area contributed by atoms with Crippen molar-refractivity contribution in [2.24, 2.45) is 29.1 Å². The molecule has 4 nitrogen and oxygen atoms in total. The second-order valence-electron chi connectivity index (χ2n) is 9.10. The van der Waals surface area contributed by atoms with Gasteiger partial charge in [-0.3, -0.25) is 9.59 Å². The maximum Gasteiger partial charge on any atom is 0.306 e. The predicted octanol–water partition coefficient (Wildman–Crippen LogP) is 4.77. The topological polar surface area (TPSA) is 74.6 Å². The zero-order valence-corrected chi connectivity index (χ0v) is 17.1. The number of carboxylic acids is 1. The number of unbranched alkanes of at least 4 members (excludes halogenated alkanes) is 1. The van der Waals surface area contributed by atoms with Crippen molar-refractivity contribution in [3.05, 3.63) is 24.3 Å². The summed E-state index contributed by atoms with van der Waals surface area (Å²) in [5.74, 6) is -0.237. The third-order valence-corrected chi connectivity index (χ3v) is 6.48. The Kier molecular flexibility index (Phi) is 7.84. The van der Waals surface area contributed by atoms with Crippen LogP contribution in [0.1, 0.15) is 72.1 Å². The largest absolute Gasteiger partial charge is 0.481 e. The Morgan fingerprint density at radius 2 is 2.04 bits per heavy atom. The molecular formula is C23H36O4. The van der Waals surface area contributed by atoms with E-state index in [2.05, 4.69) is 20.8 Å². The van der Waals surface area contributed by atoms with Crippen LogP contribution in [0.4, 0.5) is 0 Å². The van der Waals surface area contributed by atoms with Crippen molar-refractivity contribution < 1.29 is 19.8 Å². The van der Waals surface area contributed by atoms with Gasteiger partial charge in [-0.1, -0.05) is 51.8 Å². The molecule has 2 N–H and O–H groups in total. The third kappa shape index (κ3) is 6.31. The Bertz CT molecular complexity index is 575. The summed E-state index contributed by atoms with van der Waals surface area (Å²) in [6.07, 6.45) is 14.6. The number of rotatable bonds is 12. The number of allylic oxidation sites excluding steroid dienone is 4. The summed E-state index contributed by atoms with van der Waals surface area (Å²) < 4.78 is 0. The second kappa shape index (κ2) is 9.68. The molecule has 2 rings (SSSR count). The number of ketones is 1. The summed E-state index contributed by atoms with van der Waals surface area (Å²) in [4.78, 5) is 23.0. The van der Waals surface area contributed by atoms with Gasteiger partial charge in [0.05, 0.1) is 12.0 Å². The highest BCUT2D eigenvalue weighted by Crippen LogP contribution is 2.41. The van der Waals surface area contributed by atoms with Crippen LogP contribution >= 0.6 is 0 Å². The molecule has 0 bridgehead atoms. The molecule has 0 spiro atoms. The first-order valence-corrected chi connectivity index (χ1v) is 10.5. The summed E-state index contributed by atoms with van der Waals surface area (Å²) in [5.41, 5.74) is -0.0807. The van der Waals surface area contributed by atoms with Gasteiger partial charge in [-0.05, 0) is 61.9 Å². The fourth-order valence-corrected chi connectivity index (χ4v) is 4.14. The van der Waals surface area contributed by atoms with E-state index in [1.807, 2.05) is 18.2 Å². The first-order chi connectivity index (χ1) is 12.8. The Labute approximate surface area is 163 Å². The van der Waals surface area contributed by atoms with Crippen molar-refractivity contribution in [1.29, 1.82) is 0 Å². The molecule has 152 valence electrons. The SMILES string of the molecule is CCCCC(C)(C)[C@@H](O)CC[C@H]1C=CC(=O)[C@@H]1C/C=C\C[C@@H]1C[C@H]1C(=O)O. The summed E-state index contributed by atoms with van der Waals surface area (Å²) in [6.45, 7) is 6.43. The van der Waals surface area contributed by atoms with E-state index in [4.69, 9.17) is 5.11 Å². The van der Waals surface area contributed by atoms with Gasteiger partial charge < -0.3 is 10.2 Å². The van der Waals surface area contributed by atoms with E-state index in [-0.39, 0.29) is 41.0 Å². The van der Waals surface area contributed by atoms with E-state index in [9.17, 15) is 14.7 Å². The van der Waals surface area contributed by atoms with Crippen molar-refractivity contribution in [3.8, 4) is 0 Å². The Morgan fingerprint density at radius 1 is 1.33 bits per heavy atom. The van der Waals surface area contributed by atoms with Crippen molar-refractivity contribution in [2.45, 2.75) is 78.2 Å². The van der Waals surface area contributed by atoms with Crippen LogP contribution in [0.25, 0.3) is 0 Å². The quantitative estimate of drug-likeness (QED) is 0.481. The molecule has 1 fully saturated rings. The number of carbonyl (C=O) groups is 2. The average molecular weight is 377 g/mol. The van der Waals surface area contributed by atoms with E-state index >= 15 is 0 Å². The van der Waals surface area contributed by atoms with Gasteiger partial charge in [-0.15, -0.1) is 0 Å². The zero-order valence-electron chi connectivity index (χ0n) is 17.1. The third-order valence-electron chi connectivity index (χ3n) is 6.48. The maximum absolute atomic E-state index is 12.2. The molecule has 4 heteroatoms. The minimum atomic E-state index is -0.691. The Balaban J connectivity index is 1.76. The predicted molar refractivity (Wildman–Crippen MR) is 107 cm³/mol. The highest BCUT2D eigenvalue weighted by atomic mass is 16.4. The molecule has 27 heavy (non-hydrogen) atoms. The number of carbonyl (C=O) groups excluding carboxylic acids is 1. The van der Waals surface area contributed by atoms with Crippen LogP contribution in [0.15, 0.2) is 24.3 Å². The number of aliphatic hydroxyl groups excluding tert-OH is 1. The van der Waals surface area contributed by atoms with E-state index in [1.165, 1.54) is 0 Å². The molecule has 1 saturated carbocycles. The summed E-state index contributed by atoms with van der Waals surface area (Å²) in [5, 5.41) is 19.5. The lowest BCUT2D eigenvalue weighted by Gasteiger charge is -2.31. The van der Waals surface area contributed by atoms with Gasteiger partial charge in [0.25, 0.3) is 0 Å². The molecule has 0 aromatic rings. The standard InChI is InChI=1S/C23H36O4/c1-4-5-14-23(2,3)21(25)13-11-16-10-12-20(24)18(16)9-7-6-8-17-15-19(17)22(26)27/h6-7,10,12,16-19,21,25H,4-5,8-9,11,13-15H2,1-3H3,(H,26,27)/b7-6-/t16-,17-,18-,19-,21+/m1/s1. The van der Waals surface area contributed by atoms with Gasteiger partial charge in [0.15, 0.2) is 5.78 Å².